The zero-order valence-corrected chi connectivity index (χ0v) is 18.1. The van der Waals surface area contributed by atoms with Crippen LogP contribution in [-0.2, 0) is 0 Å². The van der Waals surface area contributed by atoms with Crippen molar-refractivity contribution < 1.29 is 32.9 Å². The summed E-state index contributed by atoms with van der Waals surface area (Å²) < 4.78 is 35.9. The van der Waals surface area contributed by atoms with Crippen LogP contribution in [0.3, 0.4) is 0 Å². The number of hydrogen-bond donors (Lipinski definition) is 0. The van der Waals surface area contributed by atoms with Gasteiger partial charge in [-0.15, -0.1) is 0 Å². The summed E-state index contributed by atoms with van der Waals surface area (Å²) in [5, 5.41) is 1.44. The Balaban J connectivity index is 1.57. The van der Waals surface area contributed by atoms with Crippen LogP contribution in [-0.4, -0.2) is 12.3 Å². The van der Waals surface area contributed by atoms with Gasteiger partial charge in [0.2, 0.25) is 0 Å². The standard InChI is InChI=1S/C28H17FO6/c29-18-15-16-23-24(17-18)26(35-28(31)33-20-11-5-2-6-12-20)22-14-8-7-13-21(22)25(23)34-27(30)32-19-9-3-1-4-10-19/h1-17H. The zero-order valence-electron chi connectivity index (χ0n) is 18.1. The molecule has 7 heteroatoms. The number of hydrogen-bond acceptors (Lipinski definition) is 6. The van der Waals surface area contributed by atoms with E-state index in [2.05, 4.69) is 0 Å². The topological polar surface area (TPSA) is 71.1 Å². The summed E-state index contributed by atoms with van der Waals surface area (Å²) in [5.74, 6) is 0.244. The molecule has 0 aliphatic heterocycles. The molecular weight excluding hydrogens is 451 g/mol. The molecule has 0 saturated heterocycles. The van der Waals surface area contributed by atoms with Crippen molar-refractivity contribution in [1.29, 1.82) is 0 Å². The van der Waals surface area contributed by atoms with Crippen LogP contribution in [0.5, 0.6) is 23.0 Å². The van der Waals surface area contributed by atoms with Crippen LogP contribution >= 0.6 is 0 Å². The van der Waals surface area contributed by atoms with Gasteiger partial charge in [0.1, 0.15) is 23.1 Å². The first-order chi connectivity index (χ1) is 17.1. The van der Waals surface area contributed by atoms with Crippen molar-refractivity contribution in [1.82, 2.24) is 0 Å². The molecule has 5 aromatic carbocycles. The normalized spacial score (nSPS) is 10.7. The summed E-state index contributed by atoms with van der Waals surface area (Å²) in [7, 11) is 0. The van der Waals surface area contributed by atoms with Crippen LogP contribution < -0.4 is 18.9 Å². The number of para-hydroxylation sites is 2. The predicted octanol–water partition coefficient (Wildman–Crippen LogP) is 7.29. The highest BCUT2D eigenvalue weighted by Crippen LogP contribution is 2.43. The van der Waals surface area contributed by atoms with Crippen LogP contribution in [0.25, 0.3) is 21.5 Å². The van der Waals surface area contributed by atoms with E-state index in [9.17, 15) is 14.0 Å². The molecule has 172 valence electrons. The van der Waals surface area contributed by atoms with Gasteiger partial charge in [0.05, 0.1) is 0 Å². The van der Waals surface area contributed by atoms with Crippen LogP contribution in [0.1, 0.15) is 0 Å². The molecule has 0 N–H and O–H groups in total. The van der Waals surface area contributed by atoms with Crippen molar-refractivity contribution in [2.45, 2.75) is 0 Å². The minimum Gasteiger partial charge on any atom is -0.395 e. The molecule has 0 bridgehead atoms. The highest BCUT2D eigenvalue weighted by atomic mass is 19.1. The predicted molar refractivity (Wildman–Crippen MR) is 128 cm³/mol. The van der Waals surface area contributed by atoms with Crippen molar-refractivity contribution in [2.24, 2.45) is 0 Å². The van der Waals surface area contributed by atoms with E-state index in [0.29, 0.717) is 27.7 Å². The van der Waals surface area contributed by atoms with Gasteiger partial charge in [0.25, 0.3) is 0 Å². The molecule has 5 rings (SSSR count). The smallest absolute Gasteiger partial charge is 0.395 e. The lowest BCUT2D eigenvalue weighted by Crippen LogP contribution is -2.16. The second-order valence-corrected chi connectivity index (χ2v) is 7.43. The van der Waals surface area contributed by atoms with Gasteiger partial charge in [-0.2, -0.15) is 0 Å². The Morgan fingerprint density at radius 1 is 0.486 bits per heavy atom. The molecule has 0 spiro atoms. The van der Waals surface area contributed by atoms with E-state index >= 15 is 0 Å². The molecule has 35 heavy (non-hydrogen) atoms. The van der Waals surface area contributed by atoms with Crippen LogP contribution in [0.2, 0.25) is 0 Å². The number of carbonyl (C=O) groups is 2. The second-order valence-electron chi connectivity index (χ2n) is 7.43. The van der Waals surface area contributed by atoms with E-state index in [4.69, 9.17) is 18.9 Å². The molecule has 0 atom stereocenters. The average molecular weight is 468 g/mol. The van der Waals surface area contributed by atoms with Crippen molar-refractivity contribution >= 4 is 33.9 Å². The first-order valence-corrected chi connectivity index (χ1v) is 10.6. The quantitative estimate of drug-likeness (QED) is 0.157. The van der Waals surface area contributed by atoms with Gasteiger partial charge >= 0.3 is 12.3 Å². The molecule has 0 aromatic heterocycles. The van der Waals surface area contributed by atoms with E-state index in [-0.39, 0.29) is 16.9 Å². The lowest BCUT2D eigenvalue weighted by Gasteiger charge is -2.16. The maximum Gasteiger partial charge on any atom is 0.519 e. The lowest BCUT2D eigenvalue weighted by atomic mass is 10.0. The van der Waals surface area contributed by atoms with Gasteiger partial charge in [-0.05, 0) is 42.5 Å². The molecule has 0 aliphatic rings. The molecule has 0 unspecified atom stereocenters. The summed E-state index contributed by atoms with van der Waals surface area (Å²) in [6.45, 7) is 0. The molecule has 0 aliphatic carbocycles. The van der Waals surface area contributed by atoms with Crippen molar-refractivity contribution in [2.75, 3.05) is 0 Å². The van der Waals surface area contributed by atoms with E-state index in [1.54, 1.807) is 84.9 Å². The van der Waals surface area contributed by atoms with Crippen LogP contribution in [0.15, 0.2) is 103 Å². The monoisotopic (exact) mass is 468 g/mol. The molecule has 0 amide bonds. The minimum atomic E-state index is -0.996. The molecule has 0 radical (unpaired) electrons. The van der Waals surface area contributed by atoms with Crippen molar-refractivity contribution in [3.05, 3.63) is 109 Å². The lowest BCUT2D eigenvalue weighted by molar-refractivity contribution is 0.151. The summed E-state index contributed by atoms with van der Waals surface area (Å²) in [4.78, 5) is 25.2. The average Bonchev–Trinajstić information content (AvgIpc) is 2.87. The molecular formula is C28H17FO6. The fourth-order valence-corrected chi connectivity index (χ4v) is 3.67. The summed E-state index contributed by atoms with van der Waals surface area (Å²) in [6.07, 6.45) is -1.96. The van der Waals surface area contributed by atoms with Crippen molar-refractivity contribution in [3.8, 4) is 23.0 Å². The van der Waals surface area contributed by atoms with Gasteiger partial charge in [0.15, 0.2) is 5.75 Å². The maximum absolute atomic E-state index is 14.3. The van der Waals surface area contributed by atoms with Crippen LogP contribution in [0.4, 0.5) is 14.0 Å². The number of rotatable bonds is 4. The first-order valence-electron chi connectivity index (χ1n) is 10.6. The maximum atomic E-state index is 14.3. The van der Waals surface area contributed by atoms with Gasteiger partial charge in [-0.1, -0.05) is 60.7 Å². The number of fused-ring (bicyclic) bond motifs is 2. The van der Waals surface area contributed by atoms with E-state index in [1.165, 1.54) is 18.2 Å². The third-order valence-electron chi connectivity index (χ3n) is 5.15. The summed E-state index contributed by atoms with van der Waals surface area (Å²) >= 11 is 0. The van der Waals surface area contributed by atoms with Gasteiger partial charge in [0, 0.05) is 21.5 Å². The van der Waals surface area contributed by atoms with Gasteiger partial charge < -0.3 is 18.9 Å². The summed E-state index contributed by atoms with van der Waals surface area (Å²) in [6, 6.07) is 27.5. The Morgan fingerprint density at radius 2 is 0.914 bits per heavy atom. The number of benzene rings is 5. The summed E-state index contributed by atoms with van der Waals surface area (Å²) in [5.41, 5.74) is 0. The Morgan fingerprint density at radius 3 is 1.43 bits per heavy atom. The fourth-order valence-electron chi connectivity index (χ4n) is 3.67. The van der Waals surface area contributed by atoms with Crippen molar-refractivity contribution in [3.63, 3.8) is 0 Å². The Kier molecular flexibility index (Phi) is 5.96. The second kappa shape index (κ2) is 9.52. The van der Waals surface area contributed by atoms with Gasteiger partial charge in [-0.3, -0.25) is 0 Å². The highest BCUT2D eigenvalue weighted by Gasteiger charge is 2.22. The SMILES string of the molecule is O=C(Oc1ccccc1)Oc1c2ccccc2c(OC(=O)Oc2ccccc2)c2cc(F)ccc12. The Hall–Kier alpha value is -4.91. The molecule has 0 heterocycles. The molecule has 5 aromatic rings. The third kappa shape index (κ3) is 4.74. The number of halogens is 1. The fraction of sp³-hybridized carbons (Fsp3) is 0. The van der Waals surface area contributed by atoms with Crippen LogP contribution in [0, 0.1) is 5.82 Å². The zero-order chi connectivity index (χ0) is 24.2. The molecule has 6 nitrogen and oxygen atoms in total. The minimum absolute atomic E-state index is 0.0693. The van der Waals surface area contributed by atoms with E-state index < -0.39 is 18.1 Å². The Bertz CT molecular complexity index is 1530. The largest absolute Gasteiger partial charge is 0.519 e. The molecule has 0 fully saturated rings. The number of carbonyl (C=O) groups excluding carboxylic acids is 2. The highest BCUT2D eigenvalue weighted by molar-refractivity contribution is 6.12. The van der Waals surface area contributed by atoms with Gasteiger partial charge in [-0.25, -0.2) is 14.0 Å². The Labute approximate surface area is 199 Å². The number of ether oxygens (including phenoxy) is 4. The first kappa shape index (κ1) is 21.9. The van der Waals surface area contributed by atoms with E-state index in [0.717, 1.165) is 0 Å². The van der Waals surface area contributed by atoms with E-state index in [1.807, 2.05) is 0 Å². The molecule has 0 saturated carbocycles. The third-order valence-corrected chi connectivity index (χ3v) is 5.15.